The van der Waals surface area contributed by atoms with Crippen molar-refractivity contribution < 1.29 is 5.11 Å². The minimum absolute atomic E-state index is 0.330. The molecule has 1 aliphatic rings. The molecule has 1 N–H and O–H groups in total. The van der Waals surface area contributed by atoms with Gasteiger partial charge < -0.3 is 10.0 Å². The lowest BCUT2D eigenvalue weighted by atomic mass is 10.3. The number of phenols is 1. The van der Waals surface area contributed by atoms with E-state index in [1.807, 2.05) is 12.1 Å². The molecule has 0 saturated carbocycles. The van der Waals surface area contributed by atoms with Gasteiger partial charge >= 0.3 is 0 Å². The van der Waals surface area contributed by atoms with E-state index in [1.165, 1.54) is 12.8 Å². The molecule has 1 fully saturated rings. The third-order valence-electron chi connectivity index (χ3n) is 2.34. The molecule has 70 valence electrons. The summed E-state index contributed by atoms with van der Waals surface area (Å²) in [4.78, 5) is 2.30. The Morgan fingerprint density at radius 1 is 1.15 bits per heavy atom. The van der Waals surface area contributed by atoms with Gasteiger partial charge in [-0.2, -0.15) is 0 Å². The second-order valence-corrected chi connectivity index (χ2v) is 4.28. The van der Waals surface area contributed by atoms with Gasteiger partial charge in [0.1, 0.15) is 5.75 Å². The molecule has 1 aromatic rings. The average Bonchev–Trinajstić information content (AvgIpc) is 2.53. The van der Waals surface area contributed by atoms with Gasteiger partial charge in [-0.25, -0.2) is 0 Å². The van der Waals surface area contributed by atoms with E-state index in [0.717, 1.165) is 23.2 Å². The highest BCUT2D eigenvalue weighted by atomic mass is 79.9. The van der Waals surface area contributed by atoms with Crippen LogP contribution < -0.4 is 4.90 Å². The van der Waals surface area contributed by atoms with E-state index in [4.69, 9.17) is 0 Å². The molecule has 0 atom stereocenters. The molecule has 1 aliphatic heterocycles. The van der Waals surface area contributed by atoms with E-state index in [1.54, 1.807) is 6.07 Å². The van der Waals surface area contributed by atoms with Crippen molar-refractivity contribution in [2.45, 2.75) is 12.8 Å². The van der Waals surface area contributed by atoms with Crippen LogP contribution in [0.5, 0.6) is 5.75 Å². The van der Waals surface area contributed by atoms with Crippen molar-refractivity contribution >= 4 is 21.6 Å². The predicted octanol–water partition coefficient (Wildman–Crippen LogP) is 2.75. The van der Waals surface area contributed by atoms with Crippen LogP contribution in [0.4, 0.5) is 5.69 Å². The Morgan fingerprint density at radius 3 is 2.46 bits per heavy atom. The van der Waals surface area contributed by atoms with Crippen LogP contribution in [0.2, 0.25) is 0 Å². The summed E-state index contributed by atoms with van der Waals surface area (Å²) in [6.45, 7) is 2.21. The second-order valence-electron chi connectivity index (χ2n) is 3.36. The fourth-order valence-electron chi connectivity index (χ4n) is 1.72. The molecule has 13 heavy (non-hydrogen) atoms. The topological polar surface area (TPSA) is 23.5 Å². The Labute approximate surface area is 86.3 Å². The molecular formula is C10H12BrNO. The third-order valence-corrected chi connectivity index (χ3v) is 2.80. The summed E-state index contributed by atoms with van der Waals surface area (Å²) in [6.07, 6.45) is 2.51. The zero-order chi connectivity index (χ0) is 9.26. The Kier molecular flexibility index (Phi) is 2.44. The molecule has 0 aromatic heterocycles. The SMILES string of the molecule is Oc1cc(Br)cc(N2CCCC2)c1. The summed E-state index contributed by atoms with van der Waals surface area (Å²) in [7, 11) is 0. The number of rotatable bonds is 1. The van der Waals surface area contributed by atoms with E-state index in [0.29, 0.717) is 5.75 Å². The first-order chi connectivity index (χ1) is 6.25. The number of nitrogens with zero attached hydrogens (tertiary/aromatic N) is 1. The van der Waals surface area contributed by atoms with E-state index in [2.05, 4.69) is 20.8 Å². The van der Waals surface area contributed by atoms with Crippen molar-refractivity contribution in [1.29, 1.82) is 0 Å². The molecule has 2 nitrogen and oxygen atoms in total. The van der Waals surface area contributed by atoms with E-state index in [-0.39, 0.29) is 0 Å². The minimum atomic E-state index is 0.330. The highest BCUT2D eigenvalue weighted by Gasteiger charge is 2.12. The van der Waals surface area contributed by atoms with Crippen LogP contribution in [-0.4, -0.2) is 18.2 Å². The van der Waals surface area contributed by atoms with Gasteiger partial charge in [-0.15, -0.1) is 0 Å². The normalized spacial score (nSPS) is 16.5. The molecule has 1 saturated heterocycles. The van der Waals surface area contributed by atoms with E-state index in [9.17, 15) is 5.11 Å². The van der Waals surface area contributed by atoms with Gasteiger partial charge in [0.15, 0.2) is 0 Å². The standard InChI is InChI=1S/C10H12BrNO/c11-8-5-9(7-10(13)6-8)12-3-1-2-4-12/h5-7,13H,1-4H2. The number of hydrogen-bond donors (Lipinski definition) is 1. The van der Waals surface area contributed by atoms with Gasteiger partial charge in [-0.1, -0.05) is 15.9 Å². The maximum Gasteiger partial charge on any atom is 0.118 e. The molecule has 0 radical (unpaired) electrons. The maximum atomic E-state index is 9.40. The Morgan fingerprint density at radius 2 is 1.85 bits per heavy atom. The van der Waals surface area contributed by atoms with Gasteiger partial charge in [0.05, 0.1) is 0 Å². The largest absolute Gasteiger partial charge is 0.508 e. The number of benzene rings is 1. The molecule has 3 heteroatoms. The monoisotopic (exact) mass is 241 g/mol. The molecule has 0 amide bonds. The van der Waals surface area contributed by atoms with Crippen molar-refractivity contribution in [2.75, 3.05) is 18.0 Å². The minimum Gasteiger partial charge on any atom is -0.508 e. The smallest absolute Gasteiger partial charge is 0.118 e. The molecule has 0 aliphatic carbocycles. The Balaban J connectivity index is 2.28. The van der Waals surface area contributed by atoms with Gasteiger partial charge in [-0.05, 0) is 25.0 Å². The first kappa shape index (κ1) is 8.88. The summed E-state index contributed by atoms with van der Waals surface area (Å²) < 4.78 is 0.939. The van der Waals surface area contributed by atoms with Crippen LogP contribution in [0.1, 0.15) is 12.8 Å². The summed E-state index contributed by atoms with van der Waals surface area (Å²) in [5.41, 5.74) is 1.12. The van der Waals surface area contributed by atoms with Gasteiger partial charge in [0.2, 0.25) is 0 Å². The van der Waals surface area contributed by atoms with Crippen LogP contribution in [0.15, 0.2) is 22.7 Å². The summed E-state index contributed by atoms with van der Waals surface area (Å²) >= 11 is 3.37. The van der Waals surface area contributed by atoms with Crippen molar-refractivity contribution in [3.8, 4) is 5.75 Å². The Bertz CT molecular complexity index is 288. The third kappa shape index (κ3) is 1.97. The van der Waals surface area contributed by atoms with Gasteiger partial charge in [0, 0.05) is 29.3 Å². The van der Waals surface area contributed by atoms with E-state index >= 15 is 0 Å². The number of hydrogen-bond acceptors (Lipinski definition) is 2. The van der Waals surface area contributed by atoms with Crippen molar-refractivity contribution in [1.82, 2.24) is 0 Å². The van der Waals surface area contributed by atoms with Crippen LogP contribution in [0, 0.1) is 0 Å². The molecular weight excluding hydrogens is 230 g/mol. The van der Waals surface area contributed by atoms with Crippen LogP contribution in [0.25, 0.3) is 0 Å². The number of phenolic OH excluding ortho intramolecular Hbond substituents is 1. The first-order valence-corrected chi connectivity index (χ1v) is 5.29. The lowest BCUT2D eigenvalue weighted by Gasteiger charge is -2.17. The number of anilines is 1. The predicted molar refractivity (Wildman–Crippen MR) is 57.3 cm³/mol. The van der Waals surface area contributed by atoms with E-state index < -0.39 is 0 Å². The van der Waals surface area contributed by atoms with Crippen LogP contribution in [0.3, 0.4) is 0 Å². The fraction of sp³-hybridized carbons (Fsp3) is 0.400. The van der Waals surface area contributed by atoms with Crippen molar-refractivity contribution in [3.05, 3.63) is 22.7 Å². The molecule has 0 bridgehead atoms. The number of halogens is 1. The quantitative estimate of drug-likeness (QED) is 0.818. The average molecular weight is 242 g/mol. The molecule has 0 unspecified atom stereocenters. The Hall–Kier alpha value is -0.700. The summed E-state index contributed by atoms with van der Waals surface area (Å²) in [5.74, 6) is 0.330. The molecule has 0 spiro atoms. The van der Waals surface area contributed by atoms with Crippen molar-refractivity contribution in [2.24, 2.45) is 0 Å². The second kappa shape index (κ2) is 3.58. The summed E-state index contributed by atoms with van der Waals surface area (Å²) in [5, 5.41) is 9.40. The highest BCUT2D eigenvalue weighted by molar-refractivity contribution is 9.10. The van der Waals surface area contributed by atoms with Crippen molar-refractivity contribution in [3.63, 3.8) is 0 Å². The molecule has 1 aromatic carbocycles. The van der Waals surface area contributed by atoms with Crippen LogP contribution >= 0.6 is 15.9 Å². The zero-order valence-electron chi connectivity index (χ0n) is 7.33. The number of aromatic hydroxyl groups is 1. The molecule has 2 rings (SSSR count). The zero-order valence-corrected chi connectivity index (χ0v) is 8.92. The van der Waals surface area contributed by atoms with Crippen LogP contribution in [-0.2, 0) is 0 Å². The summed E-state index contributed by atoms with van der Waals surface area (Å²) in [6, 6.07) is 5.57. The first-order valence-electron chi connectivity index (χ1n) is 4.50. The lowest BCUT2D eigenvalue weighted by molar-refractivity contribution is 0.475. The fourth-order valence-corrected chi connectivity index (χ4v) is 2.19. The van der Waals surface area contributed by atoms with Gasteiger partial charge in [0.25, 0.3) is 0 Å². The molecule has 1 heterocycles. The highest BCUT2D eigenvalue weighted by Crippen LogP contribution is 2.28. The maximum absolute atomic E-state index is 9.40. The lowest BCUT2D eigenvalue weighted by Crippen LogP contribution is -2.17. The van der Waals surface area contributed by atoms with Gasteiger partial charge in [-0.3, -0.25) is 0 Å².